The number of benzene rings is 1. The van der Waals surface area contributed by atoms with Gasteiger partial charge in [-0.2, -0.15) is 4.31 Å². The van der Waals surface area contributed by atoms with Gasteiger partial charge in [0.15, 0.2) is 0 Å². The van der Waals surface area contributed by atoms with Crippen LogP contribution in [0.4, 0.5) is 0 Å². The first-order valence-corrected chi connectivity index (χ1v) is 8.74. The number of likely N-dealkylation sites (tertiary alicyclic amines) is 1. The Bertz CT molecular complexity index is 545. The van der Waals surface area contributed by atoms with E-state index >= 15 is 0 Å². The predicted octanol–water partition coefficient (Wildman–Crippen LogP) is 2.14. The summed E-state index contributed by atoms with van der Waals surface area (Å²) in [4.78, 5) is 2.55. The second-order valence-electron chi connectivity index (χ2n) is 5.34. The molecule has 20 heavy (non-hydrogen) atoms. The first kappa shape index (κ1) is 15.8. The number of halogens is 1. The van der Waals surface area contributed by atoms with Gasteiger partial charge in [-0.1, -0.05) is 12.1 Å². The molecule has 1 aromatic carbocycles. The molecule has 0 saturated carbocycles. The number of nitrogens with zero attached hydrogens (tertiary/aromatic N) is 2. The van der Waals surface area contributed by atoms with Crippen molar-refractivity contribution in [1.82, 2.24) is 9.21 Å². The van der Waals surface area contributed by atoms with Gasteiger partial charge in [0.05, 0.1) is 4.90 Å². The highest BCUT2D eigenvalue weighted by molar-refractivity contribution is 7.89. The fraction of sp³-hybridized carbons (Fsp3) is 0.571. The van der Waals surface area contributed by atoms with Crippen molar-refractivity contribution in [1.29, 1.82) is 0 Å². The van der Waals surface area contributed by atoms with Crippen molar-refractivity contribution in [2.24, 2.45) is 0 Å². The van der Waals surface area contributed by atoms with Gasteiger partial charge in [-0.3, -0.25) is 0 Å². The van der Waals surface area contributed by atoms with E-state index < -0.39 is 10.0 Å². The van der Waals surface area contributed by atoms with Crippen molar-refractivity contribution in [3.05, 3.63) is 29.8 Å². The molecular formula is C14H21ClN2O2S. The lowest BCUT2D eigenvalue weighted by molar-refractivity contribution is 0.271. The van der Waals surface area contributed by atoms with E-state index in [4.69, 9.17) is 11.6 Å². The Balaban J connectivity index is 2.11. The van der Waals surface area contributed by atoms with Crippen LogP contribution in [0.2, 0.25) is 0 Å². The Morgan fingerprint density at radius 3 is 2.50 bits per heavy atom. The van der Waals surface area contributed by atoms with Gasteiger partial charge in [0, 0.05) is 25.5 Å². The van der Waals surface area contributed by atoms with Crippen molar-refractivity contribution in [3.8, 4) is 0 Å². The Morgan fingerprint density at radius 2 is 2.00 bits per heavy atom. The molecule has 0 N–H and O–H groups in total. The highest BCUT2D eigenvalue weighted by atomic mass is 35.5. The van der Waals surface area contributed by atoms with E-state index in [2.05, 4.69) is 4.90 Å². The smallest absolute Gasteiger partial charge is 0.242 e. The maximum Gasteiger partial charge on any atom is 0.242 e. The lowest BCUT2D eigenvalue weighted by Crippen LogP contribution is -2.39. The first-order chi connectivity index (χ1) is 9.45. The zero-order valence-electron chi connectivity index (χ0n) is 11.9. The summed E-state index contributed by atoms with van der Waals surface area (Å²) in [7, 11) is 0.287. The van der Waals surface area contributed by atoms with Crippen molar-refractivity contribution >= 4 is 21.6 Å². The summed E-state index contributed by atoms with van der Waals surface area (Å²) in [6.45, 7) is 1.58. The van der Waals surface area contributed by atoms with Crippen molar-refractivity contribution < 1.29 is 8.42 Å². The number of rotatable bonds is 5. The first-order valence-electron chi connectivity index (χ1n) is 6.76. The van der Waals surface area contributed by atoms with Gasteiger partial charge < -0.3 is 4.90 Å². The summed E-state index contributed by atoms with van der Waals surface area (Å²) in [5.41, 5.74) is 0.920. The fourth-order valence-corrected chi connectivity index (χ4v) is 3.92. The molecule has 2 rings (SSSR count). The van der Waals surface area contributed by atoms with Crippen LogP contribution in [0, 0.1) is 0 Å². The third kappa shape index (κ3) is 3.34. The van der Waals surface area contributed by atoms with Gasteiger partial charge in [0.25, 0.3) is 0 Å². The molecule has 1 saturated heterocycles. The highest BCUT2D eigenvalue weighted by Crippen LogP contribution is 2.20. The monoisotopic (exact) mass is 316 g/mol. The molecular weight excluding hydrogens is 296 g/mol. The van der Waals surface area contributed by atoms with Gasteiger partial charge in [-0.15, -0.1) is 11.6 Å². The third-order valence-electron chi connectivity index (χ3n) is 3.93. The molecule has 0 spiro atoms. The van der Waals surface area contributed by atoms with Gasteiger partial charge in [0.2, 0.25) is 10.0 Å². The van der Waals surface area contributed by atoms with Crippen LogP contribution in [0.25, 0.3) is 0 Å². The summed E-state index contributed by atoms with van der Waals surface area (Å²) in [6.07, 6.45) is 2.20. The van der Waals surface area contributed by atoms with E-state index in [0.717, 1.165) is 24.9 Å². The van der Waals surface area contributed by atoms with Crippen LogP contribution < -0.4 is 0 Å². The fourth-order valence-electron chi connectivity index (χ4n) is 2.54. The zero-order chi connectivity index (χ0) is 14.8. The molecule has 112 valence electrons. The van der Waals surface area contributed by atoms with Crippen LogP contribution in [0.3, 0.4) is 0 Å². The summed E-state index contributed by atoms with van der Waals surface area (Å²) in [5, 5.41) is 0. The van der Waals surface area contributed by atoms with Crippen LogP contribution in [0.5, 0.6) is 0 Å². The SMILES string of the molecule is CN1CCCC1CN(C)S(=O)(=O)c1ccc(CCl)cc1. The molecule has 6 heteroatoms. The van der Waals surface area contributed by atoms with E-state index in [1.807, 2.05) is 7.05 Å². The summed E-state index contributed by atoms with van der Waals surface area (Å²) in [5.74, 6) is 0.392. The molecule has 1 heterocycles. The van der Waals surface area contributed by atoms with Crippen molar-refractivity contribution in [2.75, 3.05) is 27.2 Å². The van der Waals surface area contributed by atoms with Crippen LogP contribution in [-0.4, -0.2) is 50.8 Å². The minimum absolute atomic E-state index is 0.317. The van der Waals surface area contributed by atoms with Gasteiger partial charge in [-0.25, -0.2) is 8.42 Å². The molecule has 0 aliphatic carbocycles. The molecule has 1 fully saturated rings. The number of hydrogen-bond acceptors (Lipinski definition) is 3. The Kier molecular flexibility index (Phi) is 5.07. The van der Waals surface area contributed by atoms with Crippen molar-refractivity contribution in [2.45, 2.75) is 29.7 Å². The largest absolute Gasteiger partial charge is 0.302 e. The Labute approximate surface area is 126 Å². The maximum absolute atomic E-state index is 12.5. The number of alkyl halides is 1. The second-order valence-corrected chi connectivity index (χ2v) is 7.65. The van der Waals surface area contributed by atoms with Crippen LogP contribution in [0.1, 0.15) is 18.4 Å². The molecule has 4 nitrogen and oxygen atoms in total. The van der Waals surface area contributed by atoms with E-state index in [1.165, 1.54) is 4.31 Å². The normalized spacial score (nSPS) is 20.7. The number of hydrogen-bond donors (Lipinski definition) is 0. The zero-order valence-corrected chi connectivity index (χ0v) is 13.5. The predicted molar refractivity (Wildman–Crippen MR) is 81.5 cm³/mol. The average Bonchev–Trinajstić information content (AvgIpc) is 2.84. The molecule has 0 aromatic heterocycles. The third-order valence-corrected chi connectivity index (χ3v) is 6.07. The van der Waals surface area contributed by atoms with Gasteiger partial charge in [-0.05, 0) is 44.1 Å². The molecule has 1 aromatic rings. The topological polar surface area (TPSA) is 40.6 Å². The highest BCUT2D eigenvalue weighted by Gasteiger charge is 2.27. The molecule has 1 unspecified atom stereocenters. The summed E-state index contributed by atoms with van der Waals surface area (Å²) in [6, 6.07) is 7.09. The maximum atomic E-state index is 12.5. The quantitative estimate of drug-likeness (QED) is 0.781. The van der Waals surface area contributed by atoms with Crippen molar-refractivity contribution in [3.63, 3.8) is 0 Å². The van der Waals surface area contributed by atoms with E-state index in [0.29, 0.717) is 23.4 Å². The van der Waals surface area contributed by atoms with Crippen LogP contribution in [0.15, 0.2) is 29.2 Å². The Hall–Kier alpha value is -0.620. The van der Waals surface area contributed by atoms with Gasteiger partial charge >= 0.3 is 0 Å². The lowest BCUT2D eigenvalue weighted by atomic mass is 10.2. The van der Waals surface area contributed by atoms with E-state index in [9.17, 15) is 8.42 Å². The molecule has 1 atom stereocenters. The molecule has 0 radical (unpaired) electrons. The van der Waals surface area contributed by atoms with Gasteiger partial charge in [0.1, 0.15) is 0 Å². The summed E-state index contributed by atoms with van der Waals surface area (Å²) >= 11 is 5.72. The minimum atomic E-state index is -3.41. The molecule has 0 amide bonds. The standard InChI is InChI=1S/C14H21ClN2O2S/c1-16-9-3-4-13(16)11-17(2)20(18,19)14-7-5-12(10-15)6-8-14/h5-8,13H,3-4,9-11H2,1-2H3. The molecule has 1 aliphatic heterocycles. The van der Waals surface area contributed by atoms with Crippen LogP contribution in [-0.2, 0) is 15.9 Å². The minimum Gasteiger partial charge on any atom is -0.302 e. The average molecular weight is 317 g/mol. The molecule has 0 bridgehead atoms. The lowest BCUT2D eigenvalue weighted by Gasteiger charge is -2.25. The number of sulfonamides is 1. The molecule has 1 aliphatic rings. The second kappa shape index (κ2) is 6.43. The Morgan fingerprint density at radius 1 is 1.35 bits per heavy atom. The van der Waals surface area contributed by atoms with E-state index in [-0.39, 0.29) is 0 Å². The van der Waals surface area contributed by atoms with E-state index in [1.54, 1.807) is 31.3 Å². The number of likely N-dealkylation sites (N-methyl/N-ethyl adjacent to an activating group) is 2. The van der Waals surface area contributed by atoms with Crippen LogP contribution >= 0.6 is 11.6 Å². The summed E-state index contributed by atoms with van der Waals surface area (Å²) < 4.78 is 26.5.